The molecule has 0 aliphatic heterocycles. The van der Waals surface area contributed by atoms with E-state index < -0.39 is 42.3 Å². The van der Waals surface area contributed by atoms with Gasteiger partial charge in [-0.3, -0.25) is 14.0 Å². The molecule has 1 aromatic heterocycles. The number of aromatic nitrogens is 1. The van der Waals surface area contributed by atoms with Gasteiger partial charge in [-0.15, -0.1) is 0 Å². The summed E-state index contributed by atoms with van der Waals surface area (Å²) in [5, 5.41) is 9.28. The van der Waals surface area contributed by atoms with Crippen molar-refractivity contribution in [3.05, 3.63) is 90.1 Å². The van der Waals surface area contributed by atoms with Gasteiger partial charge in [-0.2, -0.15) is 0 Å². The van der Waals surface area contributed by atoms with Gasteiger partial charge < -0.3 is 9.66 Å². The number of rotatable bonds is 9. The minimum absolute atomic E-state index is 0.174. The van der Waals surface area contributed by atoms with Gasteiger partial charge in [-0.05, 0) is 95.3 Å². The molecule has 1 aliphatic rings. The number of hydrogen-bond acceptors (Lipinski definition) is 6. The summed E-state index contributed by atoms with van der Waals surface area (Å²) in [5.41, 5.74) is 4.71. The van der Waals surface area contributed by atoms with E-state index in [2.05, 4.69) is 4.98 Å². The van der Waals surface area contributed by atoms with Crippen LogP contribution in [0.5, 0.6) is 0 Å². The molecule has 208 valence electrons. The topological polar surface area (TPSA) is 124 Å². The molecule has 0 amide bonds. The van der Waals surface area contributed by atoms with Crippen molar-refractivity contribution in [2.45, 2.75) is 43.1 Å². The first-order chi connectivity index (χ1) is 18.8. The summed E-state index contributed by atoms with van der Waals surface area (Å²) in [6.45, 7) is 3.40. The second-order valence-corrected chi connectivity index (χ2v) is 14.7. The molecule has 1 aliphatic carbocycles. The first-order valence-corrected chi connectivity index (χ1v) is 15.9. The summed E-state index contributed by atoms with van der Waals surface area (Å²) in [6, 6.07) is 22.6. The molecule has 3 aromatic carbocycles. The van der Waals surface area contributed by atoms with Gasteiger partial charge in [-0.25, -0.2) is 8.42 Å². The Balaban J connectivity index is 1.55. The Labute approximate surface area is 236 Å². The minimum Gasteiger partial charge on any atom is -0.772 e. The minimum atomic E-state index is -3.40. The second kappa shape index (κ2) is 10.2. The summed E-state index contributed by atoms with van der Waals surface area (Å²) in [4.78, 5) is 16.0. The van der Waals surface area contributed by atoms with E-state index in [0.717, 1.165) is 33.2 Å². The number of carbonyl (C=O) groups is 1. The quantitative estimate of drug-likeness (QED) is 0.241. The zero-order chi connectivity index (χ0) is 28.9. The Kier molecular flexibility index (Phi) is 7.18. The lowest BCUT2D eigenvalue weighted by atomic mass is 9.90. The van der Waals surface area contributed by atoms with Crippen molar-refractivity contribution in [1.82, 2.24) is 4.98 Å². The molecular formula is C31H30NO6S2-. The fourth-order valence-electron chi connectivity index (χ4n) is 5.35. The van der Waals surface area contributed by atoms with E-state index in [1.807, 2.05) is 60.7 Å². The number of benzene rings is 3. The van der Waals surface area contributed by atoms with Crippen LogP contribution in [0.25, 0.3) is 33.2 Å². The van der Waals surface area contributed by atoms with Gasteiger partial charge in [0.05, 0.1) is 21.9 Å². The van der Waals surface area contributed by atoms with Crippen LogP contribution in [0.15, 0.2) is 79.0 Å². The monoisotopic (exact) mass is 576 g/mol. The summed E-state index contributed by atoms with van der Waals surface area (Å²) in [5.74, 6) is -0.993. The van der Waals surface area contributed by atoms with Crippen LogP contribution in [-0.4, -0.2) is 39.5 Å². The van der Waals surface area contributed by atoms with Crippen molar-refractivity contribution < 1.29 is 27.1 Å². The lowest BCUT2D eigenvalue weighted by Gasteiger charge is -2.28. The number of nitrogens with zero attached hydrogens (tertiary/aromatic N) is 1. The second-order valence-electron chi connectivity index (χ2n) is 11.2. The molecule has 5 rings (SSSR count). The molecular weight excluding hydrogens is 546 g/mol. The molecule has 2 unspecified atom stereocenters. The summed E-state index contributed by atoms with van der Waals surface area (Å²) < 4.78 is 48.5. The van der Waals surface area contributed by atoms with Crippen LogP contribution in [0.4, 0.5) is 0 Å². The van der Waals surface area contributed by atoms with Crippen LogP contribution in [-0.2, 0) is 30.5 Å². The van der Waals surface area contributed by atoms with Crippen molar-refractivity contribution in [2.24, 2.45) is 5.41 Å². The molecule has 0 saturated heterocycles. The zero-order valence-electron chi connectivity index (χ0n) is 22.5. The highest BCUT2D eigenvalue weighted by Crippen LogP contribution is 2.59. The van der Waals surface area contributed by atoms with Gasteiger partial charge in [-0.1, -0.05) is 48.5 Å². The maximum Gasteiger partial charge on any atom is 0.303 e. The maximum atomic E-state index is 12.6. The van der Waals surface area contributed by atoms with E-state index in [4.69, 9.17) is 0 Å². The molecule has 0 spiro atoms. The predicted octanol–water partition coefficient (Wildman–Crippen LogP) is 6.02. The smallest absolute Gasteiger partial charge is 0.303 e. The maximum absolute atomic E-state index is 12.6. The molecule has 2 atom stereocenters. The van der Waals surface area contributed by atoms with Crippen molar-refractivity contribution in [3.8, 4) is 22.3 Å². The third kappa shape index (κ3) is 5.21. The van der Waals surface area contributed by atoms with E-state index in [1.54, 1.807) is 32.2 Å². The molecule has 1 heterocycles. The van der Waals surface area contributed by atoms with E-state index >= 15 is 0 Å². The fourth-order valence-corrected chi connectivity index (χ4v) is 7.01. The van der Waals surface area contributed by atoms with Gasteiger partial charge in [0.15, 0.2) is 9.84 Å². The number of aliphatic carboxylic acids is 1. The zero-order valence-corrected chi connectivity index (χ0v) is 24.1. The molecule has 9 heteroatoms. The summed E-state index contributed by atoms with van der Waals surface area (Å²) in [6.07, 6.45) is 3.91. The van der Waals surface area contributed by atoms with Crippen LogP contribution < -0.4 is 0 Å². The standard InChI is InChI=1S/C31H31NO6S2/c1-30(2,40(3,37)38)25-17-24-8-5-15-32-28(24)26(18-25)23-7-4-6-22(16-23)20-9-11-21(12-10-20)29(39(35)36)31(13-14-31)19-27(33)34/h4-12,15-18,29H,13-14,19H2,1-3H3,(H,33,34)(H,35,36)/p-1. The Morgan fingerprint density at radius 3 is 2.30 bits per heavy atom. The van der Waals surface area contributed by atoms with Crippen LogP contribution in [0.1, 0.15) is 49.5 Å². The SMILES string of the molecule is CC(C)(c1cc(-c2cccc(-c3ccc(C(S(=O)[O-])C4(CC(=O)O)CC4)cc3)c2)c2ncccc2c1)S(C)(=O)=O. The van der Waals surface area contributed by atoms with Crippen molar-refractivity contribution in [3.63, 3.8) is 0 Å². The number of carboxylic acid groups (broad SMARTS) is 1. The molecule has 1 N–H and O–H groups in total. The number of carboxylic acids is 1. The molecule has 40 heavy (non-hydrogen) atoms. The average molecular weight is 577 g/mol. The van der Waals surface area contributed by atoms with Crippen LogP contribution in [0.3, 0.4) is 0 Å². The average Bonchev–Trinajstić information content (AvgIpc) is 3.66. The van der Waals surface area contributed by atoms with Crippen LogP contribution >= 0.6 is 0 Å². The van der Waals surface area contributed by atoms with Crippen molar-refractivity contribution in [1.29, 1.82) is 0 Å². The Morgan fingerprint density at radius 2 is 1.70 bits per heavy atom. The molecule has 0 radical (unpaired) electrons. The first kappa shape index (κ1) is 28.1. The lowest BCUT2D eigenvalue weighted by molar-refractivity contribution is -0.138. The number of pyridine rings is 1. The summed E-state index contributed by atoms with van der Waals surface area (Å²) >= 11 is -2.45. The van der Waals surface area contributed by atoms with Gasteiger partial charge in [0.2, 0.25) is 0 Å². The van der Waals surface area contributed by atoms with Gasteiger partial charge in [0.1, 0.15) is 0 Å². The molecule has 1 fully saturated rings. The first-order valence-electron chi connectivity index (χ1n) is 12.9. The van der Waals surface area contributed by atoms with E-state index in [9.17, 15) is 27.1 Å². The van der Waals surface area contributed by atoms with Crippen molar-refractivity contribution in [2.75, 3.05) is 6.26 Å². The highest BCUT2D eigenvalue weighted by Gasteiger charge is 2.52. The Hall–Kier alpha value is -3.40. The lowest BCUT2D eigenvalue weighted by Crippen LogP contribution is -2.28. The number of fused-ring (bicyclic) bond motifs is 1. The molecule has 0 bridgehead atoms. The Bertz CT molecular complexity index is 1740. The van der Waals surface area contributed by atoms with E-state index in [-0.39, 0.29) is 6.42 Å². The van der Waals surface area contributed by atoms with E-state index in [1.165, 1.54) is 6.26 Å². The van der Waals surface area contributed by atoms with Crippen LogP contribution in [0.2, 0.25) is 0 Å². The predicted molar refractivity (Wildman–Crippen MR) is 156 cm³/mol. The van der Waals surface area contributed by atoms with Gasteiger partial charge in [0.25, 0.3) is 0 Å². The molecule has 7 nitrogen and oxygen atoms in total. The Morgan fingerprint density at radius 1 is 1.02 bits per heavy atom. The van der Waals surface area contributed by atoms with E-state index in [0.29, 0.717) is 24.0 Å². The van der Waals surface area contributed by atoms with Crippen LogP contribution in [0, 0.1) is 5.41 Å². The largest absolute Gasteiger partial charge is 0.772 e. The number of sulfone groups is 1. The fraction of sp³-hybridized carbons (Fsp3) is 0.290. The number of hydrogen-bond donors (Lipinski definition) is 1. The van der Waals surface area contributed by atoms with Gasteiger partial charge >= 0.3 is 5.97 Å². The highest BCUT2D eigenvalue weighted by molar-refractivity contribution is 7.91. The molecule has 4 aromatic rings. The van der Waals surface area contributed by atoms with Gasteiger partial charge in [0, 0.05) is 23.4 Å². The van der Waals surface area contributed by atoms with Crippen molar-refractivity contribution >= 4 is 37.8 Å². The normalized spacial score (nSPS) is 16.4. The highest BCUT2D eigenvalue weighted by atomic mass is 32.2. The third-order valence-corrected chi connectivity index (χ3v) is 11.4. The summed E-state index contributed by atoms with van der Waals surface area (Å²) in [7, 11) is -3.40. The third-order valence-electron chi connectivity index (χ3n) is 8.19. The molecule has 1 saturated carbocycles.